The topological polar surface area (TPSA) is 28.5 Å². The van der Waals surface area contributed by atoms with Gasteiger partial charge in [-0.2, -0.15) is 0 Å². The second-order valence-electron chi connectivity index (χ2n) is 0. The minimum atomic E-state index is 0. The van der Waals surface area contributed by atoms with Gasteiger partial charge in [-0.1, -0.05) is 0 Å². The monoisotopic (exact) mass is 446 g/mol. The van der Waals surface area contributed by atoms with Gasteiger partial charge in [0, 0.05) is 0 Å². The Labute approximate surface area is 140 Å². The van der Waals surface area contributed by atoms with Crippen LogP contribution < -0.4 is 48.0 Å². The predicted molar refractivity (Wildman–Crippen MR) is 12.2 cm³/mol. The third-order valence-electron chi connectivity index (χ3n) is 0. The van der Waals surface area contributed by atoms with Gasteiger partial charge in [0.25, 0.3) is 0 Å². The summed E-state index contributed by atoms with van der Waals surface area (Å²) >= 11 is 0. The fourth-order valence-electron chi connectivity index (χ4n) is 0. The van der Waals surface area contributed by atoms with Gasteiger partial charge >= 0.3 is 91.0 Å². The Hall–Kier alpha value is 4.38. The molecule has 0 atom stereocenters. The van der Waals surface area contributed by atoms with Crippen LogP contribution in [0.25, 0.3) is 0 Å². The van der Waals surface area contributed by atoms with E-state index in [4.69, 9.17) is 0 Å². The molecule has 24 valence electrons. The third kappa shape index (κ3) is 17.8. The summed E-state index contributed by atoms with van der Waals surface area (Å²) in [5, 5.41) is 0. The van der Waals surface area contributed by atoms with E-state index in [1.165, 1.54) is 0 Å². The first kappa shape index (κ1) is 34.3. The quantitative estimate of drug-likeness (QED) is 0.262. The molecule has 0 spiro atoms. The van der Waals surface area contributed by atoms with Gasteiger partial charge in [-0.05, 0) is 0 Å². The fourth-order valence-corrected chi connectivity index (χ4v) is 0. The molecule has 0 N–H and O–H groups in total. The number of rotatable bonds is 0. The van der Waals surface area contributed by atoms with Crippen LogP contribution in [-0.2, 0) is 5.48 Å². The van der Waals surface area contributed by atoms with Crippen LogP contribution >= 0.6 is 0 Å². The van der Waals surface area contributed by atoms with Crippen LogP contribution in [0.15, 0.2) is 0 Å². The summed E-state index contributed by atoms with van der Waals surface area (Å²) in [6.45, 7) is 0. The molecule has 0 saturated carbocycles. The Balaban J connectivity index is 0. The Morgan fingerprint density at radius 2 is 0.600 bits per heavy atom. The van der Waals surface area contributed by atoms with E-state index in [1.807, 2.05) is 0 Å². The molecule has 0 aliphatic heterocycles. The molecule has 0 fully saturated rings. The fraction of sp³-hybridized carbons (Fsp3) is 0. The van der Waals surface area contributed by atoms with Crippen LogP contribution in [0.3, 0.4) is 0 Å². The molecule has 5 heteroatoms. The van der Waals surface area contributed by atoms with Gasteiger partial charge in [0.1, 0.15) is 0 Å². The number of halogens is 2. The van der Waals surface area contributed by atoms with Crippen molar-refractivity contribution >= 4 is 91.0 Å². The Kier molecular flexibility index (Phi) is 163. The van der Waals surface area contributed by atoms with Gasteiger partial charge in [0.15, 0.2) is 0 Å². The molecule has 0 aliphatic rings. The van der Waals surface area contributed by atoms with Crippen LogP contribution in [-0.4, -0.2) is 91.0 Å². The first-order valence-electron chi connectivity index (χ1n) is 0. The van der Waals surface area contributed by atoms with Gasteiger partial charge < -0.3 is 53.4 Å². The van der Waals surface area contributed by atoms with Crippen LogP contribution in [0, 0.1) is 0 Å². The van der Waals surface area contributed by atoms with E-state index >= 15 is 0 Å². The van der Waals surface area contributed by atoms with E-state index in [0.29, 0.717) is 0 Å². The van der Waals surface area contributed by atoms with Crippen molar-refractivity contribution in [1.29, 1.82) is 0 Å². The van der Waals surface area contributed by atoms with Crippen molar-refractivity contribution in [2.24, 2.45) is 0 Å². The van der Waals surface area contributed by atoms with Gasteiger partial charge in [-0.15, -0.1) is 0 Å². The van der Waals surface area contributed by atoms with Gasteiger partial charge in [-0.25, -0.2) is 0 Å². The summed E-state index contributed by atoms with van der Waals surface area (Å²) in [5.74, 6) is 0. The zero-order chi connectivity index (χ0) is 0. The molecule has 0 bridgehead atoms. The van der Waals surface area contributed by atoms with Crippen molar-refractivity contribution in [2.45, 2.75) is 0 Å². The van der Waals surface area contributed by atoms with E-state index in [1.54, 1.807) is 0 Å². The van der Waals surface area contributed by atoms with Gasteiger partial charge in [0.2, 0.25) is 0 Å². The van der Waals surface area contributed by atoms with Crippen LogP contribution in [0.1, 0.15) is 0 Å². The van der Waals surface area contributed by atoms with Crippen molar-refractivity contribution in [1.82, 2.24) is 0 Å². The van der Waals surface area contributed by atoms with E-state index in [9.17, 15) is 0 Å². The maximum atomic E-state index is 0. The third-order valence-corrected chi connectivity index (χ3v) is 0. The largest absolute Gasteiger partial charge is 2.00 e. The van der Waals surface area contributed by atoms with E-state index in [0.717, 1.165) is 0 Å². The maximum Gasteiger partial charge on any atom is 2.00 e. The summed E-state index contributed by atoms with van der Waals surface area (Å²) in [6.07, 6.45) is 0. The molecule has 0 radical (unpaired) electrons. The number of hydrogen-bond donors (Lipinski definition) is 0. The van der Waals surface area contributed by atoms with Crippen molar-refractivity contribution in [3.63, 3.8) is 0 Å². The summed E-state index contributed by atoms with van der Waals surface area (Å²) in [7, 11) is 0. The first-order valence-corrected chi connectivity index (χ1v) is 0. The van der Waals surface area contributed by atoms with Gasteiger partial charge in [0.05, 0.1) is 0 Å². The smallest absolute Gasteiger partial charge is 2.00 e. The van der Waals surface area contributed by atoms with Crippen LogP contribution in [0.5, 0.6) is 0 Å². The second-order valence-corrected chi connectivity index (χ2v) is 0. The van der Waals surface area contributed by atoms with Crippen molar-refractivity contribution in [3.8, 4) is 0 Å². The summed E-state index contributed by atoms with van der Waals surface area (Å²) in [6, 6.07) is 0. The Bertz CT molecular complexity index is 7.61. The van der Waals surface area contributed by atoms with Crippen molar-refractivity contribution in [3.05, 3.63) is 0 Å². The predicted octanol–water partition coefficient (Wildman–Crippen LogP) is -6.87. The standard InChI is InChI=1S/2HI.O.2Sr/h2*1H;;;/q;;-2;2*+2/p-2. The molecule has 0 rings (SSSR count). The van der Waals surface area contributed by atoms with E-state index < -0.39 is 0 Å². The molecule has 0 aliphatic carbocycles. The minimum Gasteiger partial charge on any atom is -2.00 e. The summed E-state index contributed by atoms with van der Waals surface area (Å²) in [5.41, 5.74) is 0. The first-order chi connectivity index (χ1) is 0. The maximum absolute atomic E-state index is 0. The van der Waals surface area contributed by atoms with Gasteiger partial charge in [-0.3, -0.25) is 0 Å². The van der Waals surface area contributed by atoms with E-state index in [-0.39, 0.29) is 144 Å². The molecule has 0 aromatic heterocycles. The SMILES string of the molecule is [I-].[I-].[O-2].[Sr+2].[Sr+2]. The summed E-state index contributed by atoms with van der Waals surface area (Å²) in [4.78, 5) is 0. The van der Waals surface area contributed by atoms with Crippen molar-refractivity contribution in [2.75, 3.05) is 0 Å². The van der Waals surface area contributed by atoms with Crippen molar-refractivity contribution < 1.29 is 53.4 Å². The van der Waals surface area contributed by atoms with Crippen LogP contribution in [0.4, 0.5) is 0 Å². The molecule has 1 nitrogen and oxygen atoms in total. The molecule has 0 saturated heterocycles. The average Bonchev–Trinajstić information content (AvgIpc) is 0. The molecule has 0 aromatic carbocycles. The normalized spacial score (nSPS) is 0. The molecular formula is I2OSr2. The minimum absolute atomic E-state index is 0. The zero-order valence-electron chi connectivity index (χ0n) is 2.58. The van der Waals surface area contributed by atoms with Crippen LogP contribution in [0.2, 0.25) is 0 Å². The molecule has 0 amide bonds. The van der Waals surface area contributed by atoms with E-state index in [2.05, 4.69) is 0 Å². The molecule has 5 heavy (non-hydrogen) atoms. The summed E-state index contributed by atoms with van der Waals surface area (Å²) < 4.78 is 0. The molecular weight excluding hydrogens is 445 g/mol. The second kappa shape index (κ2) is 23.8. The molecule has 0 unspecified atom stereocenters. The number of hydrogen-bond acceptors (Lipinski definition) is 0. The average molecular weight is 445 g/mol. The Morgan fingerprint density at radius 1 is 0.600 bits per heavy atom. The zero-order valence-corrected chi connectivity index (χ0v) is 13.8. The molecule has 0 heterocycles. The molecule has 0 aromatic rings. The Morgan fingerprint density at radius 3 is 0.600 bits per heavy atom.